The highest BCUT2D eigenvalue weighted by atomic mass is 31.2. The Kier molecular flexibility index (Phi) is 2.53. The van der Waals surface area contributed by atoms with Crippen LogP contribution < -0.4 is 5.30 Å². The van der Waals surface area contributed by atoms with Gasteiger partial charge >= 0.3 is 0 Å². The van der Waals surface area contributed by atoms with Crippen LogP contribution in [-0.4, -0.2) is 23.7 Å². The highest BCUT2D eigenvalue weighted by Crippen LogP contribution is 2.46. The minimum Gasteiger partial charge on any atom is -0.322 e. The number of amides is 1. The number of carbonyl (C=O) groups is 1. The monoisotopic (exact) mass is 209 g/mol. The molecular weight excluding hydrogens is 197 g/mol. The quantitative estimate of drug-likeness (QED) is 0.656. The predicted octanol–water partition coefficient (Wildman–Crippen LogP) is 1.50. The fraction of sp³-hybridized carbons (Fsp3) is 0.300. The number of benzene rings is 1. The van der Waals surface area contributed by atoms with Crippen LogP contribution in [0.5, 0.6) is 0 Å². The molecule has 0 radical (unpaired) electrons. The molecule has 2 atom stereocenters. The number of likely N-dealkylation sites (N-methyl/N-ethyl adjacent to an activating group) is 1. The van der Waals surface area contributed by atoms with E-state index < -0.39 is 8.30 Å². The van der Waals surface area contributed by atoms with Crippen LogP contribution in [0.25, 0.3) is 0 Å². The van der Waals surface area contributed by atoms with Gasteiger partial charge in [0.05, 0.1) is 0 Å². The van der Waals surface area contributed by atoms with Crippen LogP contribution in [0.2, 0.25) is 0 Å². The second-order valence-corrected chi connectivity index (χ2v) is 5.09. The highest BCUT2D eigenvalue weighted by molar-refractivity contribution is 7.59. The Balaban J connectivity index is 2.26. The van der Waals surface area contributed by atoms with Gasteiger partial charge in [0.1, 0.15) is 6.10 Å². The third-order valence-corrected chi connectivity index (χ3v) is 4.17. The Bertz CT molecular complexity index is 341. The molecule has 2 rings (SSSR count). The lowest BCUT2D eigenvalue weighted by Crippen LogP contribution is -2.23. The first kappa shape index (κ1) is 9.63. The summed E-state index contributed by atoms with van der Waals surface area (Å²) in [6, 6.07) is 9.87. The zero-order valence-electron chi connectivity index (χ0n) is 8.18. The third kappa shape index (κ3) is 1.54. The number of hydrogen-bond acceptors (Lipinski definition) is 2. The maximum atomic E-state index is 11.5. The molecule has 4 heteroatoms. The van der Waals surface area contributed by atoms with E-state index in [9.17, 15) is 4.79 Å². The van der Waals surface area contributed by atoms with Gasteiger partial charge in [-0.3, -0.25) is 9.46 Å². The molecule has 1 heterocycles. The first-order chi connectivity index (χ1) is 6.70. The van der Waals surface area contributed by atoms with Gasteiger partial charge in [0.25, 0.3) is 5.91 Å². The van der Waals surface area contributed by atoms with Crippen molar-refractivity contribution in [2.75, 3.05) is 7.05 Å². The molecule has 1 unspecified atom stereocenters. The maximum absolute atomic E-state index is 11.5. The molecule has 0 saturated carbocycles. The molecule has 0 aliphatic carbocycles. The van der Waals surface area contributed by atoms with Gasteiger partial charge in [-0.15, -0.1) is 0 Å². The molecule has 3 nitrogen and oxygen atoms in total. The highest BCUT2D eigenvalue weighted by Gasteiger charge is 2.36. The topological polar surface area (TPSA) is 29.5 Å². The van der Waals surface area contributed by atoms with E-state index in [0.29, 0.717) is 0 Å². The lowest BCUT2D eigenvalue weighted by Gasteiger charge is -2.16. The summed E-state index contributed by atoms with van der Waals surface area (Å²) in [4.78, 5) is 11.5. The number of hydrogen-bond donors (Lipinski definition) is 0. The summed E-state index contributed by atoms with van der Waals surface area (Å²) in [6.45, 7) is 1.80. The van der Waals surface area contributed by atoms with Crippen molar-refractivity contribution in [3.05, 3.63) is 30.3 Å². The van der Waals surface area contributed by atoms with Crippen molar-refractivity contribution in [3.8, 4) is 0 Å². The van der Waals surface area contributed by atoms with E-state index in [1.807, 2.05) is 30.3 Å². The summed E-state index contributed by atoms with van der Waals surface area (Å²) in [5.41, 5.74) is 0. The van der Waals surface area contributed by atoms with E-state index in [2.05, 4.69) is 0 Å². The van der Waals surface area contributed by atoms with E-state index in [4.69, 9.17) is 4.52 Å². The summed E-state index contributed by atoms with van der Waals surface area (Å²) in [5, 5.41) is 1.09. The molecule has 1 aromatic rings. The van der Waals surface area contributed by atoms with Crippen molar-refractivity contribution in [1.29, 1.82) is 0 Å². The van der Waals surface area contributed by atoms with Gasteiger partial charge in [-0.05, 0) is 6.92 Å². The molecule has 1 aliphatic rings. The lowest BCUT2D eigenvalue weighted by atomic mass is 10.4. The summed E-state index contributed by atoms with van der Waals surface area (Å²) in [5.74, 6) is 0.0694. The molecule has 1 fully saturated rings. The van der Waals surface area contributed by atoms with Gasteiger partial charge in [0.15, 0.2) is 8.30 Å². The molecular formula is C10H12NO2P. The Hall–Kier alpha value is -0.920. The minimum atomic E-state index is -0.896. The molecule has 0 aromatic heterocycles. The average Bonchev–Trinajstić information content (AvgIpc) is 2.47. The van der Waals surface area contributed by atoms with Gasteiger partial charge in [0.2, 0.25) is 0 Å². The van der Waals surface area contributed by atoms with E-state index in [-0.39, 0.29) is 12.0 Å². The Labute approximate surface area is 84.6 Å². The molecule has 0 N–H and O–H groups in total. The van der Waals surface area contributed by atoms with E-state index in [1.54, 1.807) is 18.6 Å². The maximum Gasteiger partial charge on any atom is 0.256 e. The van der Waals surface area contributed by atoms with Gasteiger partial charge < -0.3 is 4.52 Å². The third-order valence-electron chi connectivity index (χ3n) is 2.17. The zero-order chi connectivity index (χ0) is 10.1. The molecule has 1 aromatic carbocycles. The molecule has 1 aliphatic heterocycles. The van der Waals surface area contributed by atoms with Crippen LogP contribution in [0.3, 0.4) is 0 Å². The minimum absolute atomic E-state index is 0.0694. The van der Waals surface area contributed by atoms with Crippen molar-refractivity contribution in [1.82, 2.24) is 4.67 Å². The van der Waals surface area contributed by atoms with Crippen LogP contribution in [0.4, 0.5) is 0 Å². The molecule has 0 spiro atoms. The molecule has 1 saturated heterocycles. The number of nitrogens with zero attached hydrogens (tertiary/aromatic N) is 1. The van der Waals surface area contributed by atoms with Gasteiger partial charge in [0, 0.05) is 12.4 Å². The smallest absolute Gasteiger partial charge is 0.256 e. The lowest BCUT2D eigenvalue weighted by molar-refractivity contribution is -0.128. The van der Waals surface area contributed by atoms with Crippen LogP contribution in [-0.2, 0) is 9.32 Å². The number of rotatable bonds is 1. The van der Waals surface area contributed by atoms with Gasteiger partial charge in [-0.25, -0.2) is 0 Å². The second-order valence-electron chi connectivity index (χ2n) is 3.22. The van der Waals surface area contributed by atoms with Crippen LogP contribution in [0.1, 0.15) is 6.92 Å². The zero-order valence-corrected chi connectivity index (χ0v) is 9.07. The van der Waals surface area contributed by atoms with Gasteiger partial charge in [-0.1, -0.05) is 30.3 Å². The first-order valence-electron chi connectivity index (χ1n) is 4.49. The number of carbonyl (C=O) groups excluding carboxylic acids is 1. The van der Waals surface area contributed by atoms with Crippen molar-refractivity contribution in [2.45, 2.75) is 13.0 Å². The SMILES string of the molecule is C[C@H]1OP(c2ccccc2)N(C)C1=O. The van der Waals surface area contributed by atoms with Crippen molar-refractivity contribution in [2.24, 2.45) is 0 Å². The molecule has 74 valence electrons. The van der Waals surface area contributed by atoms with Crippen molar-refractivity contribution >= 4 is 19.5 Å². The Morgan fingerprint density at radius 2 is 2.00 bits per heavy atom. The molecule has 0 bridgehead atoms. The summed E-state index contributed by atoms with van der Waals surface area (Å²) >= 11 is 0. The normalized spacial score (nSPS) is 27.0. The van der Waals surface area contributed by atoms with E-state index in [0.717, 1.165) is 5.30 Å². The summed E-state index contributed by atoms with van der Waals surface area (Å²) in [6.07, 6.45) is -0.300. The largest absolute Gasteiger partial charge is 0.322 e. The van der Waals surface area contributed by atoms with E-state index in [1.165, 1.54) is 0 Å². The van der Waals surface area contributed by atoms with Crippen LogP contribution in [0, 0.1) is 0 Å². The predicted molar refractivity (Wildman–Crippen MR) is 56.3 cm³/mol. The summed E-state index contributed by atoms with van der Waals surface area (Å²) < 4.78 is 7.32. The van der Waals surface area contributed by atoms with E-state index >= 15 is 0 Å². The van der Waals surface area contributed by atoms with Crippen LogP contribution >= 0.6 is 8.30 Å². The van der Waals surface area contributed by atoms with Crippen molar-refractivity contribution in [3.63, 3.8) is 0 Å². The standard InChI is InChI=1S/C10H12NO2P/c1-8-10(12)11(2)14(13-8)9-6-4-3-5-7-9/h3-8H,1-2H3/t8-,14?/m1/s1. The fourth-order valence-corrected chi connectivity index (χ4v) is 3.18. The Morgan fingerprint density at radius 1 is 1.36 bits per heavy atom. The Morgan fingerprint density at radius 3 is 2.50 bits per heavy atom. The first-order valence-corrected chi connectivity index (χ1v) is 5.71. The molecule has 1 amide bonds. The fourth-order valence-electron chi connectivity index (χ4n) is 1.41. The molecule has 14 heavy (non-hydrogen) atoms. The van der Waals surface area contributed by atoms with Gasteiger partial charge in [-0.2, -0.15) is 0 Å². The van der Waals surface area contributed by atoms with Crippen LogP contribution in [0.15, 0.2) is 30.3 Å². The second kappa shape index (κ2) is 3.68. The summed E-state index contributed by atoms with van der Waals surface area (Å²) in [7, 11) is 0.900. The van der Waals surface area contributed by atoms with Crippen molar-refractivity contribution < 1.29 is 9.32 Å². The average molecular weight is 209 g/mol.